The summed E-state index contributed by atoms with van der Waals surface area (Å²) in [6.45, 7) is 3.29. The zero-order valence-corrected chi connectivity index (χ0v) is 9.34. The van der Waals surface area contributed by atoms with E-state index in [0.29, 0.717) is 26.1 Å². The Balaban J connectivity index is 1.94. The minimum absolute atomic E-state index is 0.00174. The Labute approximate surface area is 90.5 Å². The SMILES string of the molecule is CC1(NC(=O)C2(N)CCOCC2)CCC1. The van der Waals surface area contributed by atoms with Gasteiger partial charge in [-0.3, -0.25) is 4.79 Å². The molecular weight excluding hydrogens is 192 g/mol. The Kier molecular flexibility index (Phi) is 2.73. The van der Waals surface area contributed by atoms with E-state index in [-0.39, 0.29) is 11.4 Å². The topological polar surface area (TPSA) is 64.4 Å². The van der Waals surface area contributed by atoms with Crippen LogP contribution in [0.3, 0.4) is 0 Å². The Bertz CT molecular complexity index is 255. The van der Waals surface area contributed by atoms with Crippen LogP contribution in [0, 0.1) is 0 Å². The first-order valence-corrected chi connectivity index (χ1v) is 5.73. The molecule has 2 aliphatic rings. The molecule has 4 nitrogen and oxygen atoms in total. The van der Waals surface area contributed by atoms with Crippen molar-refractivity contribution >= 4 is 5.91 Å². The van der Waals surface area contributed by atoms with Crippen molar-refractivity contribution in [1.29, 1.82) is 0 Å². The zero-order valence-electron chi connectivity index (χ0n) is 9.34. The molecule has 4 heteroatoms. The molecule has 2 rings (SSSR count). The molecule has 1 amide bonds. The van der Waals surface area contributed by atoms with E-state index in [4.69, 9.17) is 10.5 Å². The molecule has 0 aromatic heterocycles. The van der Waals surface area contributed by atoms with Gasteiger partial charge in [0.25, 0.3) is 0 Å². The third kappa shape index (κ3) is 2.16. The third-order valence-electron chi connectivity index (χ3n) is 3.71. The lowest BCUT2D eigenvalue weighted by Gasteiger charge is -2.42. The van der Waals surface area contributed by atoms with E-state index in [9.17, 15) is 4.79 Å². The monoisotopic (exact) mass is 212 g/mol. The molecular formula is C11H20N2O2. The fourth-order valence-corrected chi connectivity index (χ4v) is 2.19. The van der Waals surface area contributed by atoms with E-state index >= 15 is 0 Å². The van der Waals surface area contributed by atoms with Crippen molar-refractivity contribution in [3.8, 4) is 0 Å². The van der Waals surface area contributed by atoms with Crippen molar-refractivity contribution in [1.82, 2.24) is 5.32 Å². The maximum atomic E-state index is 12.0. The number of carbonyl (C=O) groups excluding carboxylic acids is 1. The first-order valence-electron chi connectivity index (χ1n) is 5.73. The summed E-state index contributed by atoms with van der Waals surface area (Å²) in [5.74, 6) is 0.00741. The molecule has 0 unspecified atom stereocenters. The van der Waals surface area contributed by atoms with Gasteiger partial charge in [0, 0.05) is 18.8 Å². The van der Waals surface area contributed by atoms with Crippen LogP contribution in [0.5, 0.6) is 0 Å². The van der Waals surface area contributed by atoms with Crippen molar-refractivity contribution in [2.75, 3.05) is 13.2 Å². The molecule has 2 fully saturated rings. The quantitative estimate of drug-likeness (QED) is 0.702. The normalized spacial score (nSPS) is 27.9. The van der Waals surface area contributed by atoms with E-state index in [0.717, 1.165) is 12.8 Å². The van der Waals surface area contributed by atoms with E-state index in [2.05, 4.69) is 12.2 Å². The fourth-order valence-electron chi connectivity index (χ4n) is 2.19. The number of ether oxygens (including phenoxy) is 1. The minimum atomic E-state index is -0.698. The predicted molar refractivity (Wildman–Crippen MR) is 57.4 cm³/mol. The van der Waals surface area contributed by atoms with Gasteiger partial charge in [0.15, 0.2) is 0 Å². The number of nitrogens with one attached hydrogen (secondary N) is 1. The summed E-state index contributed by atoms with van der Waals surface area (Å²) in [6.07, 6.45) is 4.62. The molecule has 0 bridgehead atoms. The fraction of sp³-hybridized carbons (Fsp3) is 0.909. The summed E-state index contributed by atoms with van der Waals surface area (Å²) in [5, 5.41) is 3.08. The molecule has 3 N–H and O–H groups in total. The lowest BCUT2D eigenvalue weighted by atomic mass is 9.77. The Morgan fingerprint density at radius 2 is 1.87 bits per heavy atom. The second kappa shape index (κ2) is 3.76. The van der Waals surface area contributed by atoms with Crippen LogP contribution in [0.1, 0.15) is 39.0 Å². The van der Waals surface area contributed by atoms with Gasteiger partial charge in [0.2, 0.25) is 5.91 Å². The average molecular weight is 212 g/mol. The highest BCUT2D eigenvalue weighted by atomic mass is 16.5. The van der Waals surface area contributed by atoms with Gasteiger partial charge in [-0.25, -0.2) is 0 Å². The molecule has 1 aliphatic carbocycles. The third-order valence-corrected chi connectivity index (χ3v) is 3.71. The van der Waals surface area contributed by atoms with Crippen LogP contribution in [-0.2, 0) is 9.53 Å². The molecule has 0 aromatic rings. The van der Waals surface area contributed by atoms with E-state index < -0.39 is 5.54 Å². The number of nitrogens with two attached hydrogens (primary N) is 1. The van der Waals surface area contributed by atoms with Gasteiger partial charge in [-0.05, 0) is 39.0 Å². The Hall–Kier alpha value is -0.610. The van der Waals surface area contributed by atoms with Crippen molar-refractivity contribution in [3.05, 3.63) is 0 Å². The summed E-state index contributed by atoms with van der Waals surface area (Å²) >= 11 is 0. The van der Waals surface area contributed by atoms with Gasteiger partial charge >= 0.3 is 0 Å². The predicted octanol–water partition coefficient (Wildman–Crippen LogP) is 0.553. The second-order valence-electron chi connectivity index (χ2n) is 5.14. The second-order valence-corrected chi connectivity index (χ2v) is 5.14. The highest BCUT2D eigenvalue weighted by Gasteiger charge is 2.41. The van der Waals surface area contributed by atoms with Gasteiger partial charge in [-0.1, -0.05) is 0 Å². The number of amides is 1. The van der Waals surface area contributed by atoms with Crippen LogP contribution in [-0.4, -0.2) is 30.2 Å². The molecule has 0 atom stereocenters. The molecule has 1 saturated carbocycles. The van der Waals surface area contributed by atoms with Gasteiger partial charge < -0.3 is 15.8 Å². The Morgan fingerprint density at radius 1 is 1.27 bits per heavy atom. The standard InChI is InChI=1S/C11H20N2O2/c1-10(3-2-4-10)13-9(14)11(12)5-7-15-8-6-11/h2-8,12H2,1H3,(H,13,14). The van der Waals surface area contributed by atoms with Crippen molar-refractivity contribution in [3.63, 3.8) is 0 Å². The molecule has 86 valence electrons. The highest BCUT2D eigenvalue weighted by molar-refractivity contribution is 5.86. The lowest BCUT2D eigenvalue weighted by molar-refractivity contribution is -0.132. The molecule has 1 aliphatic heterocycles. The summed E-state index contributed by atoms with van der Waals surface area (Å²) in [6, 6.07) is 0. The molecule has 0 aromatic carbocycles. The lowest BCUT2D eigenvalue weighted by Crippen LogP contribution is -2.63. The maximum Gasteiger partial charge on any atom is 0.240 e. The van der Waals surface area contributed by atoms with Crippen LogP contribution in [0.25, 0.3) is 0 Å². The first kappa shape index (κ1) is 10.9. The molecule has 0 spiro atoms. The largest absolute Gasteiger partial charge is 0.381 e. The van der Waals surface area contributed by atoms with Crippen LogP contribution >= 0.6 is 0 Å². The summed E-state index contributed by atoms with van der Waals surface area (Å²) in [4.78, 5) is 12.0. The molecule has 0 radical (unpaired) electrons. The van der Waals surface area contributed by atoms with Crippen molar-refractivity contribution in [2.24, 2.45) is 5.73 Å². The van der Waals surface area contributed by atoms with Gasteiger partial charge in [0.05, 0.1) is 5.54 Å². The molecule has 15 heavy (non-hydrogen) atoms. The van der Waals surface area contributed by atoms with Gasteiger partial charge in [0.1, 0.15) is 0 Å². The molecule has 1 heterocycles. The zero-order chi connectivity index (χ0) is 10.9. The van der Waals surface area contributed by atoms with Crippen molar-refractivity contribution < 1.29 is 9.53 Å². The van der Waals surface area contributed by atoms with Crippen LogP contribution in [0.4, 0.5) is 0 Å². The van der Waals surface area contributed by atoms with Gasteiger partial charge in [-0.15, -0.1) is 0 Å². The summed E-state index contributed by atoms with van der Waals surface area (Å²) in [7, 11) is 0. The van der Waals surface area contributed by atoms with E-state index in [1.165, 1.54) is 6.42 Å². The average Bonchev–Trinajstić information content (AvgIpc) is 2.16. The summed E-state index contributed by atoms with van der Waals surface area (Å²) < 4.78 is 5.23. The number of hydrogen-bond acceptors (Lipinski definition) is 3. The molecule has 1 saturated heterocycles. The maximum absolute atomic E-state index is 12.0. The van der Waals surface area contributed by atoms with Gasteiger partial charge in [-0.2, -0.15) is 0 Å². The minimum Gasteiger partial charge on any atom is -0.381 e. The van der Waals surface area contributed by atoms with Crippen LogP contribution in [0.2, 0.25) is 0 Å². The van der Waals surface area contributed by atoms with E-state index in [1.54, 1.807) is 0 Å². The van der Waals surface area contributed by atoms with Crippen molar-refractivity contribution in [2.45, 2.75) is 50.1 Å². The highest BCUT2D eigenvalue weighted by Crippen LogP contribution is 2.32. The Morgan fingerprint density at radius 3 is 2.33 bits per heavy atom. The van der Waals surface area contributed by atoms with Crippen LogP contribution in [0.15, 0.2) is 0 Å². The smallest absolute Gasteiger partial charge is 0.240 e. The first-order chi connectivity index (χ1) is 7.04. The van der Waals surface area contributed by atoms with Crippen LogP contribution < -0.4 is 11.1 Å². The number of hydrogen-bond donors (Lipinski definition) is 2. The number of carbonyl (C=O) groups is 1. The number of rotatable bonds is 2. The summed E-state index contributed by atoms with van der Waals surface area (Å²) in [5.41, 5.74) is 5.40. The van der Waals surface area contributed by atoms with E-state index in [1.807, 2.05) is 0 Å².